The molecule has 0 amide bonds. The fourth-order valence-electron chi connectivity index (χ4n) is 2.30. The lowest BCUT2D eigenvalue weighted by atomic mass is 10.1. The van der Waals surface area contributed by atoms with Crippen LogP contribution in [0.2, 0.25) is 0 Å². The molecule has 2 rings (SSSR count). The van der Waals surface area contributed by atoms with E-state index in [1.54, 1.807) is 0 Å². The third-order valence-corrected chi connectivity index (χ3v) is 4.96. The topological polar surface area (TPSA) is 3.24 Å². The van der Waals surface area contributed by atoms with Gasteiger partial charge >= 0.3 is 0 Å². The van der Waals surface area contributed by atoms with Crippen LogP contribution in [0.15, 0.2) is 52.5 Å². The average molecular weight is 366 g/mol. The van der Waals surface area contributed by atoms with Gasteiger partial charge in [0.15, 0.2) is 0 Å². The summed E-state index contributed by atoms with van der Waals surface area (Å²) in [4.78, 5) is 0. The second-order valence-corrected chi connectivity index (χ2v) is 7.85. The molecule has 21 heavy (non-hydrogen) atoms. The molecular formula is C18H24BrNS. The zero-order chi connectivity index (χ0) is 15.1. The highest BCUT2D eigenvalue weighted by molar-refractivity contribution is 9.10. The second kappa shape index (κ2) is 8.82. The summed E-state index contributed by atoms with van der Waals surface area (Å²) in [6.07, 6.45) is 9.34. The maximum Gasteiger partial charge on any atom is 0.0340 e. The molecule has 3 heteroatoms. The molecule has 0 N–H and O–H groups in total. The predicted molar refractivity (Wildman–Crippen MR) is 98.3 cm³/mol. The van der Waals surface area contributed by atoms with Crippen molar-refractivity contribution in [3.8, 4) is 0 Å². The first-order chi connectivity index (χ1) is 10.1. The highest BCUT2D eigenvalue weighted by Crippen LogP contribution is 2.22. The van der Waals surface area contributed by atoms with Crippen LogP contribution in [0.25, 0.3) is 0 Å². The van der Waals surface area contributed by atoms with Gasteiger partial charge in [-0.05, 0) is 42.0 Å². The van der Waals surface area contributed by atoms with E-state index in [-0.39, 0.29) is 0 Å². The second-order valence-electron chi connectivity index (χ2n) is 5.88. The highest BCUT2D eigenvalue weighted by Gasteiger charge is 2.10. The minimum atomic E-state index is 0.684. The van der Waals surface area contributed by atoms with Gasteiger partial charge in [0, 0.05) is 23.3 Å². The molecular weight excluding hydrogens is 342 g/mol. The lowest BCUT2D eigenvalue weighted by molar-refractivity contribution is 0.402. The standard InChI is InChI=1S/C18H24BrNS/c1-15(2)12-20(13-16-8-10-18(19)11-9-16)21-14-17-6-4-3-5-7-17/h4,6-11,15H,3,5,12-14H2,1-2H3. The monoisotopic (exact) mass is 365 g/mol. The minimum absolute atomic E-state index is 0.684. The largest absolute Gasteiger partial charge is 0.246 e. The molecule has 0 fully saturated rings. The maximum atomic E-state index is 3.50. The molecule has 0 heterocycles. The number of hydrogen-bond acceptors (Lipinski definition) is 2. The lowest BCUT2D eigenvalue weighted by Gasteiger charge is -2.23. The van der Waals surface area contributed by atoms with Gasteiger partial charge in [-0.3, -0.25) is 0 Å². The SMILES string of the molecule is CC(C)CN(Cc1ccc(Br)cc1)SCC1=CCCC=C1. The zero-order valence-electron chi connectivity index (χ0n) is 12.9. The zero-order valence-corrected chi connectivity index (χ0v) is 15.3. The summed E-state index contributed by atoms with van der Waals surface area (Å²) in [7, 11) is 0. The van der Waals surface area contributed by atoms with Crippen molar-refractivity contribution in [3.05, 3.63) is 58.1 Å². The summed E-state index contributed by atoms with van der Waals surface area (Å²) in [5.74, 6) is 1.77. The molecule has 1 aromatic rings. The lowest BCUT2D eigenvalue weighted by Crippen LogP contribution is -2.21. The Hall–Kier alpha value is -0.510. The molecule has 0 saturated heterocycles. The Morgan fingerprint density at radius 3 is 2.57 bits per heavy atom. The van der Waals surface area contributed by atoms with Crippen molar-refractivity contribution in [3.63, 3.8) is 0 Å². The molecule has 1 aliphatic rings. The Morgan fingerprint density at radius 1 is 1.19 bits per heavy atom. The summed E-state index contributed by atoms with van der Waals surface area (Å²) >= 11 is 5.46. The number of benzene rings is 1. The molecule has 0 saturated carbocycles. The fraction of sp³-hybridized carbons (Fsp3) is 0.444. The van der Waals surface area contributed by atoms with Gasteiger partial charge < -0.3 is 0 Å². The number of halogens is 1. The Bertz CT molecular complexity index is 490. The third-order valence-electron chi connectivity index (χ3n) is 3.33. The van der Waals surface area contributed by atoms with E-state index in [1.165, 1.54) is 24.0 Å². The van der Waals surface area contributed by atoms with E-state index in [4.69, 9.17) is 0 Å². The summed E-state index contributed by atoms with van der Waals surface area (Å²) in [5.41, 5.74) is 2.84. The van der Waals surface area contributed by atoms with Crippen molar-refractivity contribution < 1.29 is 0 Å². The van der Waals surface area contributed by atoms with Crippen LogP contribution in [0.1, 0.15) is 32.3 Å². The molecule has 0 spiro atoms. The van der Waals surface area contributed by atoms with Crippen LogP contribution in [0.5, 0.6) is 0 Å². The van der Waals surface area contributed by atoms with Crippen molar-refractivity contribution in [1.29, 1.82) is 0 Å². The first-order valence-electron chi connectivity index (χ1n) is 7.61. The molecule has 114 valence electrons. The van der Waals surface area contributed by atoms with Crippen molar-refractivity contribution in [2.24, 2.45) is 5.92 Å². The van der Waals surface area contributed by atoms with Gasteiger partial charge in [0.2, 0.25) is 0 Å². The van der Waals surface area contributed by atoms with E-state index < -0.39 is 0 Å². The number of allylic oxidation sites excluding steroid dienone is 3. The van der Waals surface area contributed by atoms with Crippen LogP contribution in [-0.2, 0) is 6.54 Å². The Labute approximate surface area is 141 Å². The summed E-state index contributed by atoms with van der Waals surface area (Å²) in [6.45, 7) is 6.70. The van der Waals surface area contributed by atoms with Gasteiger partial charge in [-0.2, -0.15) is 0 Å². The third kappa shape index (κ3) is 6.41. The molecule has 0 bridgehead atoms. The molecule has 0 radical (unpaired) electrons. The maximum absolute atomic E-state index is 3.50. The van der Waals surface area contributed by atoms with Gasteiger partial charge in [-0.15, -0.1) is 0 Å². The number of rotatable bonds is 7. The average Bonchev–Trinajstić information content (AvgIpc) is 2.48. The summed E-state index contributed by atoms with van der Waals surface area (Å²) in [5, 5.41) is 0. The van der Waals surface area contributed by atoms with Gasteiger partial charge in [0.1, 0.15) is 0 Å². The van der Waals surface area contributed by atoms with Gasteiger partial charge in [-0.1, -0.05) is 72.1 Å². The quantitative estimate of drug-likeness (QED) is 0.559. The van der Waals surface area contributed by atoms with Crippen LogP contribution >= 0.6 is 27.9 Å². The van der Waals surface area contributed by atoms with Crippen molar-refractivity contribution in [2.45, 2.75) is 33.2 Å². The van der Waals surface area contributed by atoms with Crippen molar-refractivity contribution >= 4 is 27.9 Å². The molecule has 0 atom stereocenters. The van der Waals surface area contributed by atoms with Gasteiger partial charge in [0.05, 0.1) is 0 Å². The fourth-order valence-corrected chi connectivity index (χ4v) is 3.76. The molecule has 1 nitrogen and oxygen atoms in total. The summed E-state index contributed by atoms with van der Waals surface area (Å²) < 4.78 is 3.64. The van der Waals surface area contributed by atoms with E-state index in [0.29, 0.717) is 5.92 Å². The van der Waals surface area contributed by atoms with Crippen LogP contribution in [-0.4, -0.2) is 16.6 Å². The van der Waals surface area contributed by atoms with Crippen LogP contribution < -0.4 is 0 Å². The van der Waals surface area contributed by atoms with E-state index in [9.17, 15) is 0 Å². The van der Waals surface area contributed by atoms with E-state index >= 15 is 0 Å². The molecule has 1 aromatic carbocycles. The highest BCUT2D eigenvalue weighted by atomic mass is 79.9. The molecule has 0 aromatic heterocycles. The van der Waals surface area contributed by atoms with E-state index in [0.717, 1.165) is 23.3 Å². The smallest absolute Gasteiger partial charge is 0.0340 e. The minimum Gasteiger partial charge on any atom is -0.246 e. The first kappa shape index (κ1) is 16.9. The van der Waals surface area contributed by atoms with E-state index in [2.05, 4.69) is 76.6 Å². The predicted octanol–water partition coefficient (Wildman–Crippen LogP) is 5.83. The molecule has 0 aliphatic heterocycles. The first-order valence-corrected chi connectivity index (χ1v) is 9.35. The van der Waals surface area contributed by atoms with Gasteiger partial charge in [0.25, 0.3) is 0 Å². The molecule has 1 aliphatic carbocycles. The molecule has 0 unspecified atom stereocenters. The van der Waals surface area contributed by atoms with Crippen LogP contribution in [0.4, 0.5) is 0 Å². The Morgan fingerprint density at radius 2 is 1.95 bits per heavy atom. The summed E-state index contributed by atoms with van der Waals surface area (Å²) in [6, 6.07) is 8.66. The van der Waals surface area contributed by atoms with Crippen LogP contribution in [0, 0.1) is 5.92 Å². The van der Waals surface area contributed by atoms with Gasteiger partial charge in [-0.25, -0.2) is 4.31 Å². The normalized spacial score (nSPS) is 14.8. The van der Waals surface area contributed by atoms with Crippen LogP contribution in [0.3, 0.4) is 0 Å². The number of nitrogens with zero attached hydrogens (tertiary/aromatic N) is 1. The Kier molecular flexibility index (Phi) is 7.08. The Balaban J connectivity index is 1.92. The van der Waals surface area contributed by atoms with Crippen molar-refractivity contribution in [1.82, 2.24) is 4.31 Å². The van der Waals surface area contributed by atoms with Crippen molar-refractivity contribution in [2.75, 3.05) is 12.3 Å². The number of hydrogen-bond donors (Lipinski definition) is 0. The van der Waals surface area contributed by atoms with E-state index in [1.807, 2.05) is 11.9 Å².